The van der Waals surface area contributed by atoms with Crippen molar-refractivity contribution in [3.8, 4) is 0 Å². The van der Waals surface area contributed by atoms with Crippen LogP contribution in [0.2, 0.25) is 0 Å². The Labute approximate surface area is 106 Å². The summed E-state index contributed by atoms with van der Waals surface area (Å²) in [6.45, 7) is 4.16. The van der Waals surface area contributed by atoms with Crippen LogP contribution >= 0.6 is 11.8 Å². The van der Waals surface area contributed by atoms with Gasteiger partial charge in [0.1, 0.15) is 11.5 Å². The summed E-state index contributed by atoms with van der Waals surface area (Å²) in [5, 5.41) is 23.2. The molecule has 0 radical (unpaired) electrons. The highest BCUT2D eigenvalue weighted by Gasteiger charge is 2.42. The van der Waals surface area contributed by atoms with Crippen molar-refractivity contribution in [2.24, 2.45) is 4.99 Å². The number of aliphatic imine (C=N–C) groups is 1. The van der Waals surface area contributed by atoms with Crippen molar-refractivity contribution in [1.29, 1.82) is 0 Å². The van der Waals surface area contributed by atoms with Crippen molar-refractivity contribution in [3.63, 3.8) is 0 Å². The first-order valence-electron chi connectivity index (χ1n) is 6.09. The van der Waals surface area contributed by atoms with Gasteiger partial charge in [-0.3, -0.25) is 4.99 Å². The third-order valence-corrected chi connectivity index (χ3v) is 4.25. The third-order valence-electron chi connectivity index (χ3n) is 3.18. The number of thioether (sulfide) groups is 1. The Hall–Kier alpha value is -0.300. The quantitative estimate of drug-likeness (QED) is 0.681. The smallest absolute Gasteiger partial charge is 0.159 e. The van der Waals surface area contributed by atoms with Gasteiger partial charge in [0.15, 0.2) is 5.17 Å². The van der Waals surface area contributed by atoms with E-state index in [1.165, 1.54) is 11.8 Å². The van der Waals surface area contributed by atoms with E-state index in [4.69, 9.17) is 9.84 Å². The number of aliphatic hydroxyl groups is 2. The molecule has 5 unspecified atom stereocenters. The molecule has 0 aromatic rings. The Morgan fingerprint density at radius 1 is 1.65 bits per heavy atom. The van der Waals surface area contributed by atoms with Gasteiger partial charge in [0.25, 0.3) is 0 Å². The number of nitrogens with zero attached hydrogens (tertiary/aromatic N) is 1. The molecule has 2 rings (SSSR count). The van der Waals surface area contributed by atoms with Crippen LogP contribution in [0.15, 0.2) is 4.99 Å². The van der Waals surface area contributed by atoms with Crippen LogP contribution < -0.4 is 5.32 Å². The van der Waals surface area contributed by atoms with E-state index >= 15 is 0 Å². The third kappa shape index (κ3) is 2.93. The van der Waals surface area contributed by atoms with Crippen molar-refractivity contribution in [3.05, 3.63) is 0 Å². The van der Waals surface area contributed by atoms with Crippen LogP contribution in [0.25, 0.3) is 0 Å². The molecule has 0 aliphatic carbocycles. The predicted octanol–water partition coefficient (Wildman–Crippen LogP) is 0.314. The molecule has 0 aromatic heterocycles. The van der Waals surface area contributed by atoms with Crippen LogP contribution in [-0.4, -0.2) is 51.7 Å². The van der Waals surface area contributed by atoms with E-state index in [0.717, 1.165) is 11.6 Å². The minimum absolute atomic E-state index is 0.0467. The average Bonchev–Trinajstić information content (AvgIpc) is 2.71. The van der Waals surface area contributed by atoms with Gasteiger partial charge in [-0.2, -0.15) is 0 Å². The normalized spacial score (nSPS) is 38.5. The van der Waals surface area contributed by atoms with Gasteiger partial charge in [-0.1, -0.05) is 18.7 Å². The summed E-state index contributed by atoms with van der Waals surface area (Å²) < 4.78 is 5.67. The molecule has 98 valence electrons. The predicted molar refractivity (Wildman–Crippen MR) is 68.1 cm³/mol. The highest BCUT2D eigenvalue weighted by Crippen LogP contribution is 2.35. The second-order valence-electron chi connectivity index (χ2n) is 4.61. The van der Waals surface area contributed by atoms with Gasteiger partial charge in [0.2, 0.25) is 0 Å². The number of aliphatic hydroxyl groups excluding tert-OH is 2. The molecule has 1 fully saturated rings. The molecule has 1 saturated heterocycles. The fourth-order valence-electron chi connectivity index (χ4n) is 1.94. The molecular formula is C11H20N2O3S. The van der Waals surface area contributed by atoms with Crippen molar-refractivity contribution in [1.82, 2.24) is 5.32 Å². The van der Waals surface area contributed by atoms with E-state index in [2.05, 4.69) is 24.2 Å². The number of hydrogen-bond acceptors (Lipinski definition) is 6. The van der Waals surface area contributed by atoms with Gasteiger partial charge in [-0.15, -0.1) is 0 Å². The first kappa shape index (κ1) is 13.1. The zero-order valence-electron chi connectivity index (χ0n) is 10.2. The molecule has 0 amide bonds. The minimum Gasteiger partial charge on any atom is -0.394 e. The monoisotopic (exact) mass is 260 g/mol. The van der Waals surface area contributed by atoms with Gasteiger partial charge in [0, 0.05) is 12.5 Å². The second kappa shape index (κ2) is 5.56. The van der Waals surface area contributed by atoms with Crippen LogP contribution in [0, 0.1) is 0 Å². The van der Waals surface area contributed by atoms with E-state index in [9.17, 15) is 5.11 Å². The lowest BCUT2D eigenvalue weighted by molar-refractivity contribution is -0.0875. The molecule has 0 spiro atoms. The zero-order chi connectivity index (χ0) is 12.4. The summed E-state index contributed by atoms with van der Waals surface area (Å²) >= 11 is 1.51. The van der Waals surface area contributed by atoms with Crippen LogP contribution in [-0.2, 0) is 4.74 Å². The van der Waals surface area contributed by atoms with Crippen LogP contribution in [0.4, 0.5) is 0 Å². The Kier molecular flexibility index (Phi) is 4.30. The van der Waals surface area contributed by atoms with Gasteiger partial charge in [-0.05, 0) is 13.3 Å². The number of rotatable bonds is 3. The molecule has 2 aliphatic rings. The summed E-state index contributed by atoms with van der Waals surface area (Å²) in [4.78, 5) is 4.46. The number of ether oxygens (including phenoxy) is 1. The Balaban J connectivity index is 1.96. The van der Waals surface area contributed by atoms with E-state index in [1.807, 2.05) is 0 Å². The molecule has 0 aromatic carbocycles. The molecular weight excluding hydrogens is 240 g/mol. The molecule has 0 saturated carbocycles. The highest BCUT2D eigenvalue weighted by molar-refractivity contribution is 8.14. The second-order valence-corrected chi connectivity index (χ2v) is 5.70. The SMILES string of the molecule is CCC(C)NC1=NC2C(O)CC(CO)OC2S1. The summed E-state index contributed by atoms with van der Waals surface area (Å²) in [5.41, 5.74) is -0.164. The number of fused-ring (bicyclic) bond motifs is 1. The minimum atomic E-state index is -0.519. The summed E-state index contributed by atoms with van der Waals surface area (Å²) in [6, 6.07) is 0.168. The maximum absolute atomic E-state index is 9.95. The highest BCUT2D eigenvalue weighted by atomic mass is 32.2. The number of nitrogens with one attached hydrogen (secondary N) is 1. The fourth-order valence-corrected chi connectivity index (χ4v) is 3.20. The lowest BCUT2D eigenvalue weighted by Gasteiger charge is -2.33. The molecule has 5 nitrogen and oxygen atoms in total. The lowest BCUT2D eigenvalue weighted by Crippen LogP contribution is -2.45. The van der Waals surface area contributed by atoms with Gasteiger partial charge in [-0.25, -0.2) is 0 Å². The Bertz CT molecular complexity index is 300. The van der Waals surface area contributed by atoms with Crippen molar-refractivity contribution in [2.75, 3.05) is 6.61 Å². The van der Waals surface area contributed by atoms with E-state index < -0.39 is 6.10 Å². The maximum atomic E-state index is 9.95. The summed E-state index contributed by atoms with van der Waals surface area (Å²) in [7, 11) is 0. The number of hydrogen-bond donors (Lipinski definition) is 3. The first-order chi connectivity index (χ1) is 8.13. The fraction of sp³-hybridized carbons (Fsp3) is 0.909. The molecule has 2 heterocycles. The molecule has 17 heavy (non-hydrogen) atoms. The van der Waals surface area contributed by atoms with E-state index in [-0.39, 0.29) is 24.2 Å². The average molecular weight is 260 g/mol. The topological polar surface area (TPSA) is 74.1 Å². The molecule has 5 atom stereocenters. The van der Waals surface area contributed by atoms with Gasteiger partial charge >= 0.3 is 0 Å². The van der Waals surface area contributed by atoms with Gasteiger partial charge < -0.3 is 20.3 Å². The van der Waals surface area contributed by atoms with E-state index in [0.29, 0.717) is 12.5 Å². The van der Waals surface area contributed by atoms with E-state index in [1.54, 1.807) is 0 Å². The van der Waals surface area contributed by atoms with Crippen molar-refractivity contribution < 1.29 is 14.9 Å². The molecule has 3 N–H and O–H groups in total. The number of amidine groups is 1. The van der Waals surface area contributed by atoms with Crippen LogP contribution in [0.3, 0.4) is 0 Å². The first-order valence-corrected chi connectivity index (χ1v) is 6.97. The molecule has 6 heteroatoms. The maximum Gasteiger partial charge on any atom is 0.159 e. The van der Waals surface area contributed by atoms with Crippen LogP contribution in [0.5, 0.6) is 0 Å². The lowest BCUT2D eigenvalue weighted by atomic mass is 10.0. The zero-order valence-corrected chi connectivity index (χ0v) is 11.0. The standard InChI is InChI=1S/C11H20N2O3S/c1-3-6(2)12-11-13-9-8(15)4-7(5-14)16-10(9)17-11/h6-10,14-15H,3-5H2,1-2H3,(H,12,13). The largest absolute Gasteiger partial charge is 0.394 e. The summed E-state index contributed by atoms with van der Waals surface area (Å²) in [5.74, 6) is 0. The van der Waals surface area contributed by atoms with Crippen molar-refractivity contribution >= 4 is 16.9 Å². The molecule has 2 aliphatic heterocycles. The summed E-state index contributed by atoms with van der Waals surface area (Å²) in [6.07, 6.45) is 0.696. The Morgan fingerprint density at radius 3 is 3.06 bits per heavy atom. The van der Waals surface area contributed by atoms with Crippen molar-refractivity contribution in [2.45, 2.75) is 56.4 Å². The molecule has 0 bridgehead atoms. The Morgan fingerprint density at radius 2 is 2.41 bits per heavy atom. The van der Waals surface area contributed by atoms with Crippen LogP contribution in [0.1, 0.15) is 26.7 Å². The van der Waals surface area contributed by atoms with Gasteiger partial charge in [0.05, 0.1) is 18.8 Å².